The lowest BCUT2D eigenvalue weighted by molar-refractivity contribution is 0.0270. The van der Waals surface area contributed by atoms with Crippen LogP contribution in [0.15, 0.2) is 24.5 Å². The molecular formula is C10H11NO3. The molecule has 1 fully saturated rings. The van der Waals surface area contributed by atoms with E-state index in [1.165, 1.54) is 0 Å². The number of rotatable bonds is 2. The Morgan fingerprint density at radius 2 is 2.29 bits per heavy atom. The molecule has 74 valence electrons. The number of carbonyl (C=O) groups excluding carboxylic acids is 1. The van der Waals surface area contributed by atoms with Crippen LogP contribution in [0.1, 0.15) is 16.8 Å². The van der Waals surface area contributed by atoms with Crippen LogP contribution in [0.2, 0.25) is 0 Å². The highest BCUT2D eigenvalue weighted by molar-refractivity contribution is 5.89. The zero-order valence-corrected chi connectivity index (χ0v) is 7.68. The van der Waals surface area contributed by atoms with Crippen LogP contribution in [-0.2, 0) is 9.47 Å². The summed E-state index contributed by atoms with van der Waals surface area (Å²) in [6.45, 7) is 1.19. The number of pyridine rings is 1. The summed E-state index contributed by atoms with van der Waals surface area (Å²) in [5.74, 6) is -0.303. The van der Waals surface area contributed by atoms with E-state index in [0.29, 0.717) is 18.8 Å². The molecule has 1 atom stereocenters. The van der Waals surface area contributed by atoms with E-state index in [1.807, 2.05) is 0 Å². The molecule has 1 aliphatic rings. The van der Waals surface area contributed by atoms with Crippen LogP contribution in [0.5, 0.6) is 0 Å². The number of ether oxygens (including phenoxy) is 2. The van der Waals surface area contributed by atoms with Crippen molar-refractivity contribution in [2.75, 3.05) is 13.2 Å². The van der Waals surface area contributed by atoms with Gasteiger partial charge in [0.25, 0.3) is 0 Å². The standard InChI is InChI=1S/C10H11NO3/c12-10(8-1-4-11-5-2-8)14-9-3-6-13-7-9/h1-2,4-5,9H,3,6-7H2. The van der Waals surface area contributed by atoms with Crippen molar-refractivity contribution in [1.82, 2.24) is 4.98 Å². The van der Waals surface area contributed by atoms with Gasteiger partial charge in [-0.3, -0.25) is 4.98 Å². The second-order valence-corrected chi connectivity index (χ2v) is 3.13. The SMILES string of the molecule is O=C(OC1CCOC1)c1ccncc1. The van der Waals surface area contributed by atoms with Crippen molar-refractivity contribution in [3.63, 3.8) is 0 Å². The third-order valence-corrected chi connectivity index (χ3v) is 2.08. The predicted octanol–water partition coefficient (Wildman–Crippen LogP) is 1.03. The Kier molecular flexibility index (Phi) is 2.74. The topological polar surface area (TPSA) is 48.4 Å². The van der Waals surface area contributed by atoms with Gasteiger partial charge in [-0.15, -0.1) is 0 Å². The smallest absolute Gasteiger partial charge is 0.338 e. The first-order valence-corrected chi connectivity index (χ1v) is 4.55. The summed E-state index contributed by atoms with van der Waals surface area (Å²) in [4.78, 5) is 15.3. The molecule has 0 saturated carbocycles. The molecule has 2 heterocycles. The normalized spacial score (nSPS) is 20.7. The van der Waals surface area contributed by atoms with E-state index in [0.717, 1.165) is 6.42 Å². The van der Waals surface area contributed by atoms with Gasteiger partial charge in [-0.1, -0.05) is 0 Å². The van der Waals surface area contributed by atoms with Crippen molar-refractivity contribution in [3.8, 4) is 0 Å². The lowest BCUT2D eigenvalue weighted by Gasteiger charge is -2.09. The summed E-state index contributed by atoms with van der Waals surface area (Å²) in [7, 11) is 0. The van der Waals surface area contributed by atoms with Crippen molar-refractivity contribution >= 4 is 5.97 Å². The fourth-order valence-corrected chi connectivity index (χ4v) is 1.31. The molecule has 0 spiro atoms. The Labute approximate surface area is 81.9 Å². The van der Waals surface area contributed by atoms with E-state index in [9.17, 15) is 4.79 Å². The van der Waals surface area contributed by atoms with Gasteiger partial charge in [0.2, 0.25) is 0 Å². The van der Waals surface area contributed by atoms with Gasteiger partial charge in [-0.05, 0) is 12.1 Å². The molecule has 4 nitrogen and oxygen atoms in total. The summed E-state index contributed by atoms with van der Waals surface area (Å²) in [5.41, 5.74) is 0.534. The van der Waals surface area contributed by atoms with Crippen molar-refractivity contribution in [2.45, 2.75) is 12.5 Å². The number of hydrogen-bond donors (Lipinski definition) is 0. The third kappa shape index (κ3) is 2.09. The average Bonchev–Trinajstić information content (AvgIpc) is 2.72. The van der Waals surface area contributed by atoms with Crippen LogP contribution in [0.3, 0.4) is 0 Å². The van der Waals surface area contributed by atoms with Gasteiger partial charge in [-0.2, -0.15) is 0 Å². The highest BCUT2D eigenvalue weighted by atomic mass is 16.6. The fourth-order valence-electron chi connectivity index (χ4n) is 1.31. The number of nitrogens with zero attached hydrogens (tertiary/aromatic N) is 1. The van der Waals surface area contributed by atoms with Gasteiger partial charge in [0.1, 0.15) is 6.10 Å². The molecule has 0 radical (unpaired) electrons. The maximum atomic E-state index is 11.5. The van der Waals surface area contributed by atoms with E-state index in [4.69, 9.17) is 9.47 Å². The van der Waals surface area contributed by atoms with E-state index in [2.05, 4.69) is 4.98 Å². The van der Waals surface area contributed by atoms with Crippen LogP contribution in [0, 0.1) is 0 Å². The molecule has 0 aliphatic carbocycles. The summed E-state index contributed by atoms with van der Waals surface area (Å²) in [5, 5.41) is 0. The highest BCUT2D eigenvalue weighted by Crippen LogP contribution is 2.10. The van der Waals surface area contributed by atoms with Crippen LogP contribution >= 0.6 is 0 Å². The molecule has 0 aromatic carbocycles. The van der Waals surface area contributed by atoms with Crippen LogP contribution < -0.4 is 0 Å². The Bertz CT molecular complexity index is 306. The van der Waals surface area contributed by atoms with Crippen molar-refractivity contribution in [2.24, 2.45) is 0 Å². The molecule has 1 aromatic rings. The minimum absolute atomic E-state index is 0.0873. The Morgan fingerprint density at radius 1 is 1.50 bits per heavy atom. The zero-order chi connectivity index (χ0) is 9.80. The summed E-state index contributed by atoms with van der Waals surface area (Å²) < 4.78 is 10.3. The largest absolute Gasteiger partial charge is 0.456 e. The van der Waals surface area contributed by atoms with Gasteiger partial charge in [0, 0.05) is 18.8 Å². The molecule has 0 N–H and O–H groups in total. The number of carbonyl (C=O) groups is 1. The average molecular weight is 193 g/mol. The summed E-state index contributed by atoms with van der Waals surface area (Å²) in [6.07, 6.45) is 3.84. The van der Waals surface area contributed by atoms with Gasteiger partial charge in [0.05, 0.1) is 18.8 Å². The Morgan fingerprint density at radius 3 is 2.93 bits per heavy atom. The first-order chi connectivity index (χ1) is 6.86. The summed E-state index contributed by atoms with van der Waals surface area (Å²) >= 11 is 0. The molecule has 0 amide bonds. The molecule has 1 aliphatic heterocycles. The Balaban J connectivity index is 1.95. The van der Waals surface area contributed by atoms with E-state index in [-0.39, 0.29) is 12.1 Å². The molecule has 2 rings (SSSR count). The van der Waals surface area contributed by atoms with Gasteiger partial charge in [0.15, 0.2) is 0 Å². The quantitative estimate of drug-likeness (QED) is 0.658. The third-order valence-electron chi connectivity index (χ3n) is 2.08. The van der Waals surface area contributed by atoms with Gasteiger partial charge in [-0.25, -0.2) is 4.79 Å². The van der Waals surface area contributed by atoms with Crippen molar-refractivity contribution in [1.29, 1.82) is 0 Å². The molecule has 14 heavy (non-hydrogen) atoms. The first-order valence-electron chi connectivity index (χ1n) is 4.55. The molecular weight excluding hydrogens is 182 g/mol. The molecule has 1 unspecified atom stereocenters. The summed E-state index contributed by atoms with van der Waals surface area (Å²) in [6, 6.07) is 3.27. The van der Waals surface area contributed by atoms with E-state index < -0.39 is 0 Å². The monoisotopic (exact) mass is 193 g/mol. The minimum atomic E-state index is -0.303. The predicted molar refractivity (Wildman–Crippen MR) is 48.9 cm³/mol. The minimum Gasteiger partial charge on any atom is -0.456 e. The van der Waals surface area contributed by atoms with Crippen molar-refractivity contribution in [3.05, 3.63) is 30.1 Å². The molecule has 0 bridgehead atoms. The van der Waals surface area contributed by atoms with E-state index >= 15 is 0 Å². The van der Waals surface area contributed by atoms with Gasteiger partial charge < -0.3 is 9.47 Å². The molecule has 1 saturated heterocycles. The molecule has 1 aromatic heterocycles. The molecule has 4 heteroatoms. The Hall–Kier alpha value is -1.42. The lowest BCUT2D eigenvalue weighted by Crippen LogP contribution is -2.17. The fraction of sp³-hybridized carbons (Fsp3) is 0.400. The second kappa shape index (κ2) is 4.19. The van der Waals surface area contributed by atoms with Crippen LogP contribution in [0.25, 0.3) is 0 Å². The van der Waals surface area contributed by atoms with Crippen LogP contribution in [0.4, 0.5) is 0 Å². The number of aromatic nitrogens is 1. The van der Waals surface area contributed by atoms with Crippen LogP contribution in [-0.4, -0.2) is 30.3 Å². The maximum absolute atomic E-state index is 11.5. The number of esters is 1. The first kappa shape index (κ1) is 9.15. The maximum Gasteiger partial charge on any atom is 0.338 e. The number of hydrogen-bond acceptors (Lipinski definition) is 4. The van der Waals surface area contributed by atoms with Gasteiger partial charge >= 0.3 is 5.97 Å². The van der Waals surface area contributed by atoms with E-state index in [1.54, 1.807) is 24.5 Å². The highest BCUT2D eigenvalue weighted by Gasteiger charge is 2.20. The second-order valence-electron chi connectivity index (χ2n) is 3.13. The lowest BCUT2D eigenvalue weighted by atomic mass is 10.2. The van der Waals surface area contributed by atoms with Crippen molar-refractivity contribution < 1.29 is 14.3 Å². The zero-order valence-electron chi connectivity index (χ0n) is 7.68.